The summed E-state index contributed by atoms with van der Waals surface area (Å²) in [4.78, 5) is 11.4. The van der Waals surface area contributed by atoms with Crippen LogP contribution in [0.2, 0.25) is 0 Å². The van der Waals surface area contributed by atoms with Gasteiger partial charge in [-0.3, -0.25) is 4.79 Å². The minimum atomic E-state index is -0.520. The molecule has 0 aliphatic heterocycles. The van der Waals surface area contributed by atoms with E-state index in [0.717, 1.165) is 17.0 Å². The first-order valence-electron chi connectivity index (χ1n) is 5.84. The minimum Gasteiger partial charge on any atom is -0.397 e. The molecule has 6 heteroatoms. The maximum Gasteiger partial charge on any atom is 0.250 e. The lowest BCUT2D eigenvalue weighted by molar-refractivity contribution is 0.100. The molecule has 0 saturated carbocycles. The van der Waals surface area contributed by atoms with Crippen molar-refractivity contribution < 1.29 is 9.32 Å². The van der Waals surface area contributed by atoms with Crippen LogP contribution in [0, 0.1) is 13.8 Å². The fourth-order valence-electron chi connectivity index (χ4n) is 1.90. The summed E-state index contributed by atoms with van der Waals surface area (Å²) in [6, 6.07) is 5.03. The molecule has 1 amide bonds. The van der Waals surface area contributed by atoms with Gasteiger partial charge in [0.25, 0.3) is 5.91 Å². The highest BCUT2D eigenvalue weighted by molar-refractivity contribution is 6.01. The summed E-state index contributed by atoms with van der Waals surface area (Å²) in [7, 11) is 0. The van der Waals surface area contributed by atoms with Crippen molar-refractivity contribution in [3.8, 4) is 0 Å². The molecule has 0 aliphatic rings. The monoisotopic (exact) mass is 260 g/mol. The van der Waals surface area contributed by atoms with Gasteiger partial charge in [-0.2, -0.15) is 0 Å². The molecule has 1 aromatic carbocycles. The minimum absolute atomic E-state index is 0.367. The van der Waals surface area contributed by atoms with Gasteiger partial charge in [-0.25, -0.2) is 0 Å². The number of rotatable bonds is 4. The lowest BCUT2D eigenvalue weighted by Crippen LogP contribution is -2.15. The Morgan fingerprint density at radius 3 is 2.74 bits per heavy atom. The van der Waals surface area contributed by atoms with Crippen LogP contribution in [-0.4, -0.2) is 11.1 Å². The van der Waals surface area contributed by atoms with Crippen LogP contribution in [0.25, 0.3) is 0 Å². The van der Waals surface area contributed by atoms with Crippen molar-refractivity contribution in [3.05, 3.63) is 40.8 Å². The molecule has 0 atom stereocenters. The number of primary amides is 1. The van der Waals surface area contributed by atoms with Crippen molar-refractivity contribution in [2.45, 2.75) is 20.4 Å². The third kappa shape index (κ3) is 2.52. The lowest BCUT2D eigenvalue weighted by Gasteiger charge is -2.12. The summed E-state index contributed by atoms with van der Waals surface area (Å²) in [6.07, 6.45) is 0. The van der Waals surface area contributed by atoms with Gasteiger partial charge in [0.1, 0.15) is 5.76 Å². The van der Waals surface area contributed by atoms with Crippen LogP contribution < -0.4 is 16.8 Å². The molecular weight excluding hydrogens is 244 g/mol. The van der Waals surface area contributed by atoms with Gasteiger partial charge < -0.3 is 21.3 Å². The van der Waals surface area contributed by atoms with Crippen molar-refractivity contribution in [3.63, 3.8) is 0 Å². The quantitative estimate of drug-likeness (QED) is 0.723. The predicted octanol–water partition coefficient (Wildman–Crippen LogP) is 1.58. The normalized spacial score (nSPS) is 10.4. The second kappa shape index (κ2) is 5.01. The Labute approximate surface area is 110 Å². The molecule has 2 rings (SSSR count). The summed E-state index contributed by atoms with van der Waals surface area (Å²) in [5.74, 6) is 0.216. The van der Waals surface area contributed by atoms with Gasteiger partial charge in [-0.1, -0.05) is 11.2 Å². The molecule has 0 bridgehead atoms. The lowest BCUT2D eigenvalue weighted by atomic mass is 10.1. The number of nitrogens with two attached hydrogens (primary N) is 2. The molecule has 0 aliphatic carbocycles. The van der Waals surface area contributed by atoms with E-state index in [1.165, 1.54) is 0 Å². The molecule has 100 valence electrons. The second-order valence-corrected chi connectivity index (χ2v) is 4.29. The summed E-state index contributed by atoms with van der Waals surface area (Å²) >= 11 is 0. The third-order valence-corrected chi connectivity index (χ3v) is 2.99. The van der Waals surface area contributed by atoms with Crippen LogP contribution >= 0.6 is 0 Å². The van der Waals surface area contributed by atoms with Gasteiger partial charge in [-0.05, 0) is 26.0 Å². The van der Waals surface area contributed by atoms with Crippen molar-refractivity contribution in [1.82, 2.24) is 5.16 Å². The maximum absolute atomic E-state index is 11.4. The van der Waals surface area contributed by atoms with E-state index in [2.05, 4.69) is 10.5 Å². The Balaban J connectivity index is 2.27. The molecule has 2 aromatic rings. The average molecular weight is 260 g/mol. The van der Waals surface area contributed by atoms with Gasteiger partial charge in [0.2, 0.25) is 0 Å². The fraction of sp³-hybridized carbons (Fsp3) is 0.231. The SMILES string of the molecule is Cc1noc(C)c1CNc1c(N)cccc1C(N)=O. The van der Waals surface area contributed by atoms with E-state index in [-0.39, 0.29) is 0 Å². The molecular formula is C13H16N4O2. The van der Waals surface area contributed by atoms with Crippen LogP contribution in [-0.2, 0) is 6.54 Å². The molecule has 0 fully saturated rings. The maximum atomic E-state index is 11.4. The number of amides is 1. The fourth-order valence-corrected chi connectivity index (χ4v) is 1.90. The van der Waals surface area contributed by atoms with Crippen LogP contribution in [0.4, 0.5) is 11.4 Å². The number of carbonyl (C=O) groups is 1. The largest absolute Gasteiger partial charge is 0.397 e. The first-order chi connectivity index (χ1) is 9.00. The van der Waals surface area contributed by atoms with E-state index in [1.807, 2.05) is 13.8 Å². The number of nitrogen functional groups attached to an aromatic ring is 1. The van der Waals surface area contributed by atoms with Crippen LogP contribution in [0.3, 0.4) is 0 Å². The van der Waals surface area contributed by atoms with Crippen LogP contribution in [0.5, 0.6) is 0 Å². The summed E-state index contributed by atoms with van der Waals surface area (Å²) in [6.45, 7) is 4.16. The van der Waals surface area contributed by atoms with Gasteiger partial charge in [0.05, 0.1) is 22.6 Å². The molecule has 0 saturated heterocycles. The van der Waals surface area contributed by atoms with Crippen molar-refractivity contribution in [2.75, 3.05) is 11.1 Å². The molecule has 1 heterocycles. The van der Waals surface area contributed by atoms with E-state index >= 15 is 0 Å². The number of carbonyl (C=O) groups excluding carboxylic acids is 1. The zero-order chi connectivity index (χ0) is 14.0. The number of nitrogens with one attached hydrogen (secondary N) is 1. The van der Waals surface area contributed by atoms with Crippen LogP contribution in [0.1, 0.15) is 27.4 Å². The zero-order valence-corrected chi connectivity index (χ0v) is 10.9. The number of benzene rings is 1. The molecule has 0 unspecified atom stereocenters. The number of aromatic nitrogens is 1. The van der Waals surface area contributed by atoms with E-state index in [1.54, 1.807) is 18.2 Å². The average Bonchev–Trinajstić information content (AvgIpc) is 2.67. The van der Waals surface area contributed by atoms with Crippen molar-refractivity contribution in [2.24, 2.45) is 5.73 Å². The van der Waals surface area contributed by atoms with E-state index < -0.39 is 5.91 Å². The summed E-state index contributed by atoms with van der Waals surface area (Å²) < 4.78 is 5.08. The van der Waals surface area contributed by atoms with Gasteiger partial charge in [0.15, 0.2) is 0 Å². The Hall–Kier alpha value is -2.50. The zero-order valence-electron chi connectivity index (χ0n) is 10.9. The smallest absolute Gasteiger partial charge is 0.250 e. The Kier molecular flexibility index (Phi) is 3.41. The molecule has 6 nitrogen and oxygen atoms in total. The number of hydrogen-bond acceptors (Lipinski definition) is 5. The summed E-state index contributed by atoms with van der Waals surface area (Å²) in [5, 5.41) is 6.99. The topological polar surface area (TPSA) is 107 Å². The molecule has 0 radical (unpaired) electrons. The second-order valence-electron chi connectivity index (χ2n) is 4.29. The molecule has 19 heavy (non-hydrogen) atoms. The first-order valence-corrected chi connectivity index (χ1v) is 5.84. The van der Waals surface area contributed by atoms with E-state index in [9.17, 15) is 4.79 Å². The highest BCUT2D eigenvalue weighted by Crippen LogP contribution is 2.24. The molecule has 0 spiro atoms. The standard InChI is InChI=1S/C13H16N4O2/c1-7-10(8(2)19-17-7)6-16-12-9(13(15)18)4-3-5-11(12)14/h3-5,16H,6,14H2,1-2H3,(H2,15,18). The Morgan fingerprint density at radius 2 is 2.16 bits per heavy atom. The number of nitrogens with zero attached hydrogens (tertiary/aromatic N) is 1. The Morgan fingerprint density at radius 1 is 1.42 bits per heavy atom. The van der Waals surface area contributed by atoms with Crippen molar-refractivity contribution in [1.29, 1.82) is 0 Å². The molecule has 5 N–H and O–H groups in total. The number of para-hydroxylation sites is 1. The Bertz CT molecular complexity index is 600. The number of hydrogen-bond donors (Lipinski definition) is 3. The first kappa shape index (κ1) is 12.9. The van der Waals surface area contributed by atoms with E-state index in [4.69, 9.17) is 16.0 Å². The van der Waals surface area contributed by atoms with Crippen LogP contribution in [0.15, 0.2) is 22.7 Å². The highest BCUT2D eigenvalue weighted by Gasteiger charge is 2.13. The number of aryl methyl sites for hydroxylation is 2. The summed E-state index contributed by atoms with van der Waals surface area (Å²) in [5.41, 5.74) is 14.3. The predicted molar refractivity (Wildman–Crippen MR) is 72.7 cm³/mol. The van der Waals surface area contributed by atoms with Gasteiger partial charge in [-0.15, -0.1) is 0 Å². The third-order valence-electron chi connectivity index (χ3n) is 2.99. The number of anilines is 2. The highest BCUT2D eigenvalue weighted by atomic mass is 16.5. The van der Waals surface area contributed by atoms with Crippen molar-refractivity contribution >= 4 is 17.3 Å². The van der Waals surface area contributed by atoms with Gasteiger partial charge in [0, 0.05) is 12.1 Å². The van der Waals surface area contributed by atoms with E-state index in [0.29, 0.717) is 23.5 Å². The van der Waals surface area contributed by atoms with Gasteiger partial charge >= 0.3 is 0 Å². The molecule has 1 aromatic heterocycles.